The molecule has 0 radical (unpaired) electrons. The Bertz CT molecular complexity index is 572. The molecule has 19 heavy (non-hydrogen) atoms. The van der Waals surface area contributed by atoms with E-state index >= 15 is 0 Å². The van der Waals surface area contributed by atoms with Gasteiger partial charge in [0.2, 0.25) is 0 Å². The van der Waals surface area contributed by atoms with Crippen LogP contribution in [0.5, 0.6) is 5.75 Å². The van der Waals surface area contributed by atoms with Crippen LogP contribution in [0.15, 0.2) is 42.5 Å². The van der Waals surface area contributed by atoms with Crippen LogP contribution >= 0.6 is 11.6 Å². The maximum absolute atomic E-state index is 9.44. The second-order valence-electron chi connectivity index (χ2n) is 4.03. The molecule has 0 saturated carbocycles. The fourth-order valence-corrected chi connectivity index (χ4v) is 2.13. The molecule has 0 saturated heterocycles. The van der Waals surface area contributed by atoms with E-state index in [0.717, 1.165) is 5.56 Å². The first-order valence-corrected chi connectivity index (χ1v) is 6.39. The Balaban J connectivity index is 2.60. The van der Waals surface area contributed by atoms with Crippen molar-refractivity contribution in [2.24, 2.45) is 0 Å². The van der Waals surface area contributed by atoms with Crippen LogP contribution < -0.4 is 10.2 Å². The summed E-state index contributed by atoms with van der Waals surface area (Å²) in [7, 11) is -1.54. The fourth-order valence-electron chi connectivity index (χ4n) is 1.96. The van der Waals surface area contributed by atoms with Gasteiger partial charge in [0, 0.05) is 10.6 Å². The molecular formula is C14H14BClO3. The van der Waals surface area contributed by atoms with Crippen LogP contribution in [-0.4, -0.2) is 23.8 Å². The highest BCUT2D eigenvalue weighted by molar-refractivity contribution is 6.60. The molecule has 0 aliphatic heterocycles. The monoisotopic (exact) mass is 276 g/mol. The standard InChI is InChI=1S/C14H14BClO3/c1-2-19-14-8-7-10(16)9-12(14)11-5-3-4-6-13(11)15(17)18/h3-9,17-18H,2H2,1H3. The fraction of sp³-hybridized carbons (Fsp3) is 0.143. The maximum Gasteiger partial charge on any atom is 0.489 e. The van der Waals surface area contributed by atoms with Crippen LogP contribution in [0.25, 0.3) is 11.1 Å². The zero-order chi connectivity index (χ0) is 13.8. The summed E-state index contributed by atoms with van der Waals surface area (Å²) in [4.78, 5) is 0. The smallest absolute Gasteiger partial charge is 0.489 e. The number of hydrogen-bond donors (Lipinski definition) is 2. The molecule has 0 aliphatic rings. The topological polar surface area (TPSA) is 49.7 Å². The van der Waals surface area contributed by atoms with Crippen molar-refractivity contribution in [2.75, 3.05) is 6.61 Å². The summed E-state index contributed by atoms with van der Waals surface area (Å²) in [5.74, 6) is 0.667. The van der Waals surface area contributed by atoms with E-state index in [4.69, 9.17) is 16.3 Å². The highest BCUT2D eigenvalue weighted by atomic mass is 35.5. The summed E-state index contributed by atoms with van der Waals surface area (Å²) in [5.41, 5.74) is 1.87. The molecule has 0 aliphatic carbocycles. The van der Waals surface area contributed by atoms with Crippen LogP contribution in [0.2, 0.25) is 5.02 Å². The molecule has 2 N–H and O–H groups in total. The number of hydrogen-bond acceptors (Lipinski definition) is 3. The lowest BCUT2D eigenvalue weighted by Crippen LogP contribution is -2.31. The highest BCUT2D eigenvalue weighted by Crippen LogP contribution is 2.31. The molecule has 2 aromatic carbocycles. The van der Waals surface area contributed by atoms with Gasteiger partial charge in [0.15, 0.2) is 0 Å². The van der Waals surface area contributed by atoms with Gasteiger partial charge in [-0.05, 0) is 36.1 Å². The minimum absolute atomic E-state index is 0.422. The van der Waals surface area contributed by atoms with Crippen molar-refractivity contribution >= 4 is 24.2 Å². The quantitative estimate of drug-likeness (QED) is 0.841. The summed E-state index contributed by atoms with van der Waals surface area (Å²) in [5, 5.41) is 19.4. The van der Waals surface area contributed by atoms with E-state index in [9.17, 15) is 10.0 Å². The first-order chi connectivity index (χ1) is 9.13. The Labute approximate surface area is 117 Å². The van der Waals surface area contributed by atoms with Crippen LogP contribution in [-0.2, 0) is 0 Å². The Morgan fingerprint density at radius 2 is 1.84 bits per heavy atom. The number of rotatable bonds is 4. The highest BCUT2D eigenvalue weighted by Gasteiger charge is 2.18. The molecule has 0 heterocycles. The number of ether oxygens (including phenoxy) is 1. The number of halogens is 1. The molecule has 0 unspecified atom stereocenters. The summed E-state index contributed by atoms with van der Waals surface area (Å²) in [6.45, 7) is 2.42. The molecule has 0 amide bonds. The van der Waals surface area contributed by atoms with Crippen molar-refractivity contribution in [2.45, 2.75) is 6.92 Å². The van der Waals surface area contributed by atoms with Crippen LogP contribution in [0, 0.1) is 0 Å². The van der Waals surface area contributed by atoms with E-state index in [1.54, 1.807) is 30.3 Å². The lowest BCUT2D eigenvalue weighted by Gasteiger charge is -2.14. The zero-order valence-electron chi connectivity index (χ0n) is 10.5. The van der Waals surface area contributed by atoms with Crippen molar-refractivity contribution in [3.05, 3.63) is 47.5 Å². The summed E-state index contributed by atoms with van der Waals surface area (Å²) in [6.07, 6.45) is 0. The van der Waals surface area contributed by atoms with Crippen molar-refractivity contribution in [1.82, 2.24) is 0 Å². The van der Waals surface area contributed by atoms with Gasteiger partial charge in [-0.2, -0.15) is 0 Å². The van der Waals surface area contributed by atoms with E-state index < -0.39 is 7.12 Å². The van der Waals surface area contributed by atoms with Gasteiger partial charge in [-0.25, -0.2) is 0 Å². The van der Waals surface area contributed by atoms with Crippen molar-refractivity contribution < 1.29 is 14.8 Å². The normalized spacial score (nSPS) is 10.3. The Hall–Kier alpha value is -1.49. The van der Waals surface area contributed by atoms with E-state index in [2.05, 4.69) is 0 Å². The third-order valence-electron chi connectivity index (χ3n) is 2.77. The minimum atomic E-state index is -1.54. The summed E-state index contributed by atoms with van der Waals surface area (Å²) < 4.78 is 5.56. The molecular weight excluding hydrogens is 262 g/mol. The van der Waals surface area contributed by atoms with E-state index in [1.807, 2.05) is 19.1 Å². The molecule has 0 spiro atoms. The van der Waals surface area contributed by atoms with Crippen LogP contribution in [0.1, 0.15) is 6.92 Å². The Morgan fingerprint density at radius 3 is 2.53 bits per heavy atom. The first kappa shape index (κ1) is 13.9. The molecule has 98 valence electrons. The van der Waals surface area contributed by atoms with Gasteiger partial charge in [-0.3, -0.25) is 0 Å². The minimum Gasteiger partial charge on any atom is -0.493 e. The van der Waals surface area contributed by atoms with Gasteiger partial charge in [-0.15, -0.1) is 0 Å². The van der Waals surface area contributed by atoms with Gasteiger partial charge >= 0.3 is 7.12 Å². The Kier molecular flexibility index (Phi) is 4.48. The molecule has 2 rings (SSSR count). The van der Waals surface area contributed by atoms with E-state index in [1.165, 1.54) is 0 Å². The molecule has 3 nitrogen and oxygen atoms in total. The van der Waals surface area contributed by atoms with Gasteiger partial charge in [-0.1, -0.05) is 35.9 Å². The van der Waals surface area contributed by atoms with Crippen LogP contribution in [0.3, 0.4) is 0 Å². The average Bonchev–Trinajstić information content (AvgIpc) is 2.41. The second kappa shape index (κ2) is 6.11. The summed E-state index contributed by atoms with van der Waals surface area (Å²) >= 11 is 6.02. The molecule has 0 aromatic heterocycles. The van der Waals surface area contributed by atoms with Gasteiger partial charge < -0.3 is 14.8 Å². The molecule has 5 heteroatoms. The SMILES string of the molecule is CCOc1ccc(Cl)cc1-c1ccccc1B(O)O. The van der Waals surface area contributed by atoms with Gasteiger partial charge in [0.05, 0.1) is 6.61 Å². The second-order valence-corrected chi connectivity index (χ2v) is 4.47. The van der Waals surface area contributed by atoms with Crippen molar-refractivity contribution in [3.63, 3.8) is 0 Å². The molecule has 0 bridgehead atoms. The van der Waals surface area contributed by atoms with Gasteiger partial charge in [0.1, 0.15) is 5.75 Å². The lowest BCUT2D eigenvalue weighted by molar-refractivity contribution is 0.341. The van der Waals surface area contributed by atoms with Crippen LogP contribution in [0.4, 0.5) is 0 Å². The average molecular weight is 277 g/mol. The molecule has 0 fully saturated rings. The van der Waals surface area contributed by atoms with E-state index in [0.29, 0.717) is 28.4 Å². The van der Waals surface area contributed by atoms with Gasteiger partial charge in [0.25, 0.3) is 0 Å². The Morgan fingerprint density at radius 1 is 1.11 bits per heavy atom. The van der Waals surface area contributed by atoms with Crippen molar-refractivity contribution in [1.29, 1.82) is 0 Å². The number of benzene rings is 2. The lowest BCUT2D eigenvalue weighted by atomic mass is 9.75. The maximum atomic E-state index is 9.44. The molecule has 0 atom stereocenters. The first-order valence-electron chi connectivity index (χ1n) is 6.01. The zero-order valence-corrected chi connectivity index (χ0v) is 11.3. The third kappa shape index (κ3) is 3.10. The predicted octanol–water partition coefficient (Wildman–Crippen LogP) is 2.09. The predicted molar refractivity (Wildman–Crippen MR) is 77.9 cm³/mol. The van der Waals surface area contributed by atoms with E-state index in [-0.39, 0.29) is 0 Å². The molecule has 2 aromatic rings. The van der Waals surface area contributed by atoms with Crippen molar-refractivity contribution in [3.8, 4) is 16.9 Å². The third-order valence-corrected chi connectivity index (χ3v) is 3.01. The summed E-state index contributed by atoms with van der Waals surface area (Å²) in [6, 6.07) is 12.3. The largest absolute Gasteiger partial charge is 0.493 e.